The van der Waals surface area contributed by atoms with Gasteiger partial charge in [0, 0.05) is 5.75 Å². The summed E-state index contributed by atoms with van der Waals surface area (Å²) in [6, 6.07) is 0. The molecule has 0 saturated heterocycles. The van der Waals surface area contributed by atoms with Crippen LogP contribution in [0.15, 0.2) is 0 Å². The second kappa shape index (κ2) is 4.50. The number of hydrogen-bond donors (Lipinski definition) is 1. The third kappa shape index (κ3) is 2.09. The highest BCUT2D eigenvalue weighted by molar-refractivity contribution is 7.98. The molecule has 0 aromatic carbocycles. The lowest BCUT2D eigenvalue weighted by atomic mass is 10.2. The fourth-order valence-electron chi connectivity index (χ4n) is 1.40. The number of carbonyl (C=O) groups is 1. The number of rotatable bonds is 4. The van der Waals surface area contributed by atoms with Gasteiger partial charge >= 0.3 is 5.97 Å². The first kappa shape index (κ1) is 11.1. The minimum Gasteiger partial charge on any atom is -0.478 e. The molecular formula is C9H14N2O2S. The van der Waals surface area contributed by atoms with E-state index in [1.54, 1.807) is 30.3 Å². The number of carboxylic acid groups (broad SMARTS) is 1. The first-order valence-electron chi connectivity index (χ1n) is 4.34. The van der Waals surface area contributed by atoms with Gasteiger partial charge in [0.15, 0.2) is 0 Å². The molecule has 4 nitrogen and oxygen atoms in total. The van der Waals surface area contributed by atoms with Gasteiger partial charge in [-0.2, -0.15) is 16.9 Å². The van der Waals surface area contributed by atoms with Crippen molar-refractivity contribution in [3.8, 4) is 0 Å². The molecular weight excluding hydrogens is 200 g/mol. The first-order valence-corrected chi connectivity index (χ1v) is 5.73. The summed E-state index contributed by atoms with van der Waals surface area (Å²) >= 11 is 1.72. The van der Waals surface area contributed by atoms with Gasteiger partial charge in [0.1, 0.15) is 5.56 Å². The lowest BCUT2D eigenvalue weighted by Crippen LogP contribution is -2.06. The van der Waals surface area contributed by atoms with E-state index in [2.05, 4.69) is 5.10 Å². The van der Waals surface area contributed by atoms with Crippen LogP contribution < -0.4 is 0 Å². The lowest BCUT2D eigenvalue weighted by Gasteiger charge is -2.01. The lowest BCUT2D eigenvalue weighted by molar-refractivity contribution is 0.0695. The van der Waals surface area contributed by atoms with Gasteiger partial charge < -0.3 is 5.11 Å². The zero-order valence-corrected chi connectivity index (χ0v) is 9.39. The van der Waals surface area contributed by atoms with Crippen LogP contribution in [0.3, 0.4) is 0 Å². The molecule has 0 bridgehead atoms. The van der Waals surface area contributed by atoms with Gasteiger partial charge in [-0.15, -0.1) is 0 Å². The van der Waals surface area contributed by atoms with Crippen molar-refractivity contribution in [2.45, 2.75) is 20.4 Å². The summed E-state index contributed by atoms with van der Waals surface area (Å²) < 4.78 is 1.76. The van der Waals surface area contributed by atoms with Crippen LogP contribution >= 0.6 is 11.8 Å². The van der Waals surface area contributed by atoms with Gasteiger partial charge in [0.2, 0.25) is 0 Å². The van der Waals surface area contributed by atoms with Gasteiger partial charge in [-0.25, -0.2) is 4.79 Å². The van der Waals surface area contributed by atoms with Crippen molar-refractivity contribution in [1.29, 1.82) is 0 Å². The average Bonchev–Trinajstić information content (AvgIpc) is 2.38. The number of aromatic carboxylic acids is 1. The number of thioether (sulfide) groups is 1. The smallest absolute Gasteiger partial charge is 0.339 e. The normalized spacial score (nSPS) is 10.5. The summed E-state index contributed by atoms with van der Waals surface area (Å²) in [4.78, 5) is 10.9. The molecule has 0 spiro atoms. The Morgan fingerprint density at radius 1 is 1.57 bits per heavy atom. The number of nitrogens with zero attached hydrogens (tertiary/aromatic N) is 2. The molecule has 0 amide bonds. The minimum absolute atomic E-state index is 0.339. The van der Waals surface area contributed by atoms with Crippen molar-refractivity contribution in [2.75, 3.05) is 12.0 Å². The fraction of sp³-hybridized carbons (Fsp3) is 0.556. The third-order valence-electron chi connectivity index (χ3n) is 2.10. The molecule has 0 aliphatic carbocycles. The van der Waals surface area contributed by atoms with Crippen molar-refractivity contribution < 1.29 is 9.90 Å². The van der Waals surface area contributed by atoms with Crippen LogP contribution in [0.5, 0.6) is 0 Å². The van der Waals surface area contributed by atoms with Crippen molar-refractivity contribution in [2.24, 2.45) is 0 Å². The molecule has 1 heterocycles. The Bertz CT molecular complexity index is 347. The largest absolute Gasteiger partial charge is 0.478 e. The summed E-state index contributed by atoms with van der Waals surface area (Å²) in [6.45, 7) is 4.29. The van der Waals surface area contributed by atoms with Crippen LogP contribution in [0.1, 0.15) is 21.7 Å². The predicted molar refractivity (Wildman–Crippen MR) is 57.0 cm³/mol. The van der Waals surface area contributed by atoms with E-state index in [0.29, 0.717) is 11.3 Å². The Labute approximate surface area is 87.3 Å². The molecule has 0 fully saturated rings. The van der Waals surface area contributed by atoms with Gasteiger partial charge in [-0.1, -0.05) is 0 Å². The molecule has 5 heteroatoms. The summed E-state index contributed by atoms with van der Waals surface area (Å²) in [6.07, 6.45) is 2.02. The number of aromatic nitrogens is 2. The standard InChI is InChI=1S/C9H14N2O2S/c1-6-8(9(12)13)7(2)11(10-6)4-5-14-3/h4-5H2,1-3H3,(H,12,13). The molecule has 0 aliphatic rings. The SMILES string of the molecule is CSCCn1nc(C)c(C(=O)O)c1C. The second-order valence-corrected chi connectivity index (χ2v) is 4.05. The second-order valence-electron chi connectivity index (χ2n) is 3.07. The van der Waals surface area contributed by atoms with E-state index >= 15 is 0 Å². The van der Waals surface area contributed by atoms with Crippen LogP contribution in [0.4, 0.5) is 0 Å². The zero-order chi connectivity index (χ0) is 10.7. The van der Waals surface area contributed by atoms with Crippen molar-refractivity contribution in [3.05, 3.63) is 17.0 Å². The first-order chi connectivity index (χ1) is 6.57. The predicted octanol–water partition coefficient (Wildman–Crippen LogP) is 1.56. The molecule has 14 heavy (non-hydrogen) atoms. The van der Waals surface area contributed by atoms with Crippen LogP contribution in [0, 0.1) is 13.8 Å². The van der Waals surface area contributed by atoms with Crippen molar-refractivity contribution in [1.82, 2.24) is 9.78 Å². The molecule has 0 unspecified atom stereocenters. The molecule has 0 saturated carbocycles. The fourth-order valence-corrected chi connectivity index (χ4v) is 1.76. The molecule has 78 valence electrons. The number of carboxylic acids is 1. The van der Waals surface area contributed by atoms with Crippen LogP contribution in [0.25, 0.3) is 0 Å². The molecule has 1 aromatic rings. The molecule has 1 N–H and O–H groups in total. The monoisotopic (exact) mass is 214 g/mol. The van der Waals surface area contributed by atoms with Crippen molar-refractivity contribution in [3.63, 3.8) is 0 Å². The quantitative estimate of drug-likeness (QED) is 0.826. The molecule has 1 aromatic heterocycles. The summed E-state index contributed by atoms with van der Waals surface area (Å²) in [5, 5.41) is 13.1. The van der Waals surface area contributed by atoms with E-state index < -0.39 is 5.97 Å². The molecule has 0 aliphatic heterocycles. The Kier molecular flexibility index (Phi) is 3.57. The maximum Gasteiger partial charge on any atom is 0.339 e. The highest BCUT2D eigenvalue weighted by Gasteiger charge is 2.16. The maximum absolute atomic E-state index is 10.9. The van der Waals surface area contributed by atoms with E-state index in [-0.39, 0.29) is 0 Å². The summed E-state index contributed by atoms with van der Waals surface area (Å²) in [5.41, 5.74) is 1.67. The zero-order valence-electron chi connectivity index (χ0n) is 8.57. The van der Waals surface area contributed by atoms with Crippen LogP contribution in [-0.2, 0) is 6.54 Å². The molecule has 0 radical (unpaired) electrons. The summed E-state index contributed by atoms with van der Waals surface area (Å²) in [5.74, 6) is 0.0523. The van der Waals surface area contributed by atoms with Crippen LogP contribution in [-0.4, -0.2) is 32.9 Å². The number of hydrogen-bond acceptors (Lipinski definition) is 3. The maximum atomic E-state index is 10.9. The topological polar surface area (TPSA) is 55.1 Å². The summed E-state index contributed by atoms with van der Waals surface area (Å²) in [7, 11) is 0. The van der Waals surface area contributed by atoms with E-state index in [1.807, 2.05) is 6.26 Å². The van der Waals surface area contributed by atoms with E-state index in [0.717, 1.165) is 18.0 Å². The van der Waals surface area contributed by atoms with E-state index in [4.69, 9.17) is 5.11 Å². The van der Waals surface area contributed by atoms with Crippen LogP contribution in [0.2, 0.25) is 0 Å². The minimum atomic E-state index is -0.893. The molecule has 0 atom stereocenters. The Morgan fingerprint density at radius 3 is 2.64 bits per heavy atom. The Hall–Kier alpha value is -0.970. The Balaban J connectivity index is 2.98. The van der Waals surface area contributed by atoms with Gasteiger partial charge in [-0.3, -0.25) is 4.68 Å². The van der Waals surface area contributed by atoms with Gasteiger partial charge in [0.25, 0.3) is 0 Å². The third-order valence-corrected chi connectivity index (χ3v) is 2.69. The van der Waals surface area contributed by atoms with E-state index in [9.17, 15) is 4.79 Å². The van der Waals surface area contributed by atoms with Gasteiger partial charge in [-0.05, 0) is 20.1 Å². The van der Waals surface area contributed by atoms with Crippen molar-refractivity contribution >= 4 is 17.7 Å². The van der Waals surface area contributed by atoms with E-state index in [1.165, 1.54) is 0 Å². The number of aryl methyl sites for hydroxylation is 2. The Morgan fingerprint density at radius 2 is 2.21 bits per heavy atom. The van der Waals surface area contributed by atoms with Gasteiger partial charge in [0.05, 0.1) is 17.9 Å². The average molecular weight is 214 g/mol. The highest BCUT2D eigenvalue weighted by atomic mass is 32.2. The molecule has 1 rings (SSSR count). The highest BCUT2D eigenvalue weighted by Crippen LogP contribution is 2.13.